The first kappa shape index (κ1) is 17.7. The van der Waals surface area contributed by atoms with E-state index in [1.807, 2.05) is 7.05 Å². The third kappa shape index (κ3) is 6.97. The summed E-state index contributed by atoms with van der Waals surface area (Å²) in [5, 5.41) is 22.8. The molecule has 0 aliphatic heterocycles. The number of hydrogen-bond donors (Lipinski definition) is 4. The molecule has 112 valence electrons. The fraction of sp³-hybridized carbons (Fsp3) is 0.833. The highest BCUT2D eigenvalue weighted by atomic mass is 16.4. The Morgan fingerprint density at radius 1 is 1.32 bits per heavy atom. The standard InChI is InChI=1S/C12H25N3O4/c1-5-8(2)15(4)7-6-13-12(19)14-10(9(3)16)11(17)18/h8-10,16H,5-7H2,1-4H3,(H,17,18)(H2,13,14,19). The van der Waals surface area contributed by atoms with Gasteiger partial charge in [0.15, 0.2) is 6.04 Å². The predicted molar refractivity (Wildman–Crippen MR) is 72.0 cm³/mol. The largest absolute Gasteiger partial charge is 0.480 e. The molecule has 0 spiro atoms. The third-order valence-electron chi connectivity index (χ3n) is 3.13. The molecular formula is C12H25N3O4. The van der Waals surface area contributed by atoms with E-state index in [2.05, 4.69) is 29.4 Å². The quantitative estimate of drug-likeness (QED) is 0.493. The maximum atomic E-state index is 11.5. The first-order valence-corrected chi connectivity index (χ1v) is 6.45. The van der Waals surface area contributed by atoms with Gasteiger partial charge in [0.25, 0.3) is 0 Å². The second-order valence-electron chi connectivity index (χ2n) is 4.69. The second-order valence-corrected chi connectivity index (χ2v) is 4.69. The molecular weight excluding hydrogens is 250 g/mol. The Bertz CT molecular complexity index is 297. The number of urea groups is 1. The van der Waals surface area contributed by atoms with Crippen molar-refractivity contribution in [3.05, 3.63) is 0 Å². The Hall–Kier alpha value is -1.34. The first-order chi connectivity index (χ1) is 8.79. The first-order valence-electron chi connectivity index (χ1n) is 6.45. The zero-order valence-corrected chi connectivity index (χ0v) is 12.0. The summed E-state index contributed by atoms with van der Waals surface area (Å²) in [6.45, 7) is 6.58. The molecule has 4 N–H and O–H groups in total. The van der Waals surface area contributed by atoms with Crippen LogP contribution in [0.4, 0.5) is 4.79 Å². The number of hydrogen-bond acceptors (Lipinski definition) is 4. The summed E-state index contributed by atoms with van der Waals surface area (Å²) in [7, 11) is 1.96. The molecule has 0 aromatic carbocycles. The smallest absolute Gasteiger partial charge is 0.328 e. The van der Waals surface area contributed by atoms with Crippen molar-refractivity contribution in [1.82, 2.24) is 15.5 Å². The summed E-state index contributed by atoms with van der Waals surface area (Å²) in [6.07, 6.45) is -0.128. The molecule has 0 aliphatic carbocycles. The van der Waals surface area contributed by atoms with Crippen LogP contribution in [0, 0.1) is 0 Å². The Balaban J connectivity index is 4.02. The highest BCUT2D eigenvalue weighted by Gasteiger charge is 2.24. The number of aliphatic hydroxyl groups excluding tert-OH is 1. The van der Waals surface area contributed by atoms with Gasteiger partial charge in [-0.25, -0.2) is 9.59 Å². The van der Waals surface area contributed by atoms with Crippen molar-refractivity contribution >= 4 is 12.0 Å². The van der Waals surface area contributed by atoms with Crippen LogP contribution in [0.5, 0.6) is 0 Å². The lowest BCUT2D eigenvalue weighted by Crippen LogP contribution is -2.52. The molecule has 3 unspecified atom stereocenters. The van der Waals surface area contributed by atoms with Crippen molar-refractivity contribution in [1.29, 1.82) is 0 Å². The van der Waals surface area contributed by atoms with Crippen LogP contribution in [-0.2, 0) is 4.79 Å². The minimum atomic E-state index is -1.30. The molecule has 0 heterocycles. The van der Waals surface area contributed by atoms with Gasteiger partial charge < -0.3 is 25.7 Å². The van der Waals surface area contributed by atoms with E-state index in [1.165, 1.54) is 6.92 Å². The molecule has 0 fully saturated rings. The van der Waals surface area contributed by atoms with Gasteiger partial charge in [-0.05, 0) is 27.3 Å². The minimum absolute atomic E-state index is 0.415. The van der Waals surface area contributed by atoms with Gasteiger partial charge in [0.1, 0.15) is 0 Å². The van der Waals surface area contributed by atoms with Gasteiger partial charge in [-0.1, -0.05) is 6.92 Å². The number of nitrogens with zero attached hydrogens (tertiary/aromatic N) is 1. The summed E-state index contributed by atoms with van der Waals surface area (Å²) in [4.78, 5) is 24.3. The second kappa shape index (κ2) is 8.71. The lowest BCUT2D eigenvalue weighted by Gasteiger charge is -2.24. The molecule has 0 aromatic rings. The van der Waals surface area contributed by atoms with Crippen molar-refractivity contribution in [2.24, 2.45) is 0 Å². The van der Waals surface area contributed by atoms with Crippen LogP contribution >= 0.6 is 0 Å². The number of carboxylic acids is 1. The van der Waals surface area contributed by atoms with E-state index in [9.17, 15) is 14.7 Å². The number of carbonyl (C=O) groups excluding carboxylic acids is 1. The van der Waals surface area contributed by atoms with Gasteiger partial charge in [-0.3, -0.25) is 0 Å². The van der Waals surface area contributed by atoms with E-state index in [1.54, 1.807) is 0 Å². The molecule has 0 radical (unpaired) electrons. The Morgan fingerprint density at radius 2 is 1.89 bits per heavy atom. The highest BCUT2D eigenvalue weighted by molar-refractivity contribution is 5.82. The van der Waals surface area contributed by atoms with E-state index in [-0.39, 0.29) is 0 Å². The fourth-order valence-corrected chi connectivity index (χ4v) is 1.46. The van der Waals surface area contributed by atoms with Crippen LogP contribution < -0.4 is 10.6 Å². The van der Waals surface area contributed by atoms with Crippen LogP contribution in [0.3, 0.4) is 0 Å². The molecule has 0 rings (SSSR count). The van der Waals surface area contributed by atoms with Gasteiger partial charge >= 0.3 is 12.0 Å². The Kier molecular flexibility index (Phi) is 8.09. The maximum absolute atomic E-state index is 11.5. The summed E-state index contributed by atoms with van der Waals surface area (Å²) in [5.41, 5.74) is 0. The molecule has 0 bridgehead atoms. The molecule has 0 aliphatic rings. The molecule has 0 aromatic heterocycles. The van der Waals surface area contributed by atoms with Gasteiger partial charge in [0.2, 0.25) is 0 Å². The number of aliphatic hydroxyl groups is 1. The van der Waals surface area contributed by atoms with Crippen molar-refractivity contribution in [3.8, 4) is 0 Å². The number of likely N-dealkylation sites (N-methyl/N-ethyl adjacent to an activating group) is 1. The average Bonchev–Trinajstić information content (AvgIpc) is 2.33. The average molecular weight is 275 g/mol. The molecule has 0 saturated heterocycles. The van der Waals surface area contributed by atoms with Crippen LogP contribution in [-0.4, -0.2) is 65.4 Å². The summed E-state index contributed by atoms with van der Waals surface area (Å²) < 4.78 is 0. The van der Waals surface area contributed by atoms with Crippen molar-refractivity contribution in [3.63, 3.8) is 0 Å². The molecule has 2 amide bonds. The SMILES string of the molecule is CCC(C)N(C)CCNC(=O)NC(C(=O)O)C(C)O. The number of carbonyl (C=O) groups is 2. The lowest BCUT2D eigenvalue weighted by molar-refractivity contribution is -0.141. The van der Waals surface area contributed by atoms with Crippen molar-refractivity contribution < 1.29 is 19.8 Å². The lowest BCUT2D eigenvalue weighted by atomic mass is 10.2. The summed E-state index contributed by atoms with van der Waals surface area (Å²) in [6, 6.07) is -1.47. The summed E-state index contributed by atoms with van der Waals surface area (Å²) in [5.74, 6) is -1.26. The van der Waals surface area contributed by atoms with Crippen LogP contribution in [0.2, 0.25) is 0 Å². The zero-order valence-electron chi connectivity index (χ0n) is 12.0. The van der Waals surface area contributed by atoms with E-state index in [0.717, 1.165) is 6.42 Å². The Labute approximate surface area is 114 Å². The number of nitrogens with one attached hydrogen (secondary N) is 2. The number of carboxylic acid groups (broad SMARTS) is 1. The number of rotatable bonds is 8. The topological polar surface area (TPSA) is 102 Å². The third-order valence-corrected chi connectivity index (χ3v) is 3.13. The van der Waals surface area contributed by atoms with E-state index >= 15 is 0 Å². The van der Waals surface area contributed by atoms with Gasteiger partial charge in [-0.15, -0.1) is 0 Å². The van der Waals surface area contributed by atoms with Crippen LogP contribution in [0.1, 0.15) is 27.2 Å². The van der Waals surface area contributed by atoms with Crippen LogP contribution in [0.15, 0.2) is 0 Å². The zero-order chi connectivity index (χ0) is 15.0. The van der Waals surface area contributed by atoms with Gasteiger partial charge in [0, 0.05) is 19.1 Å². The number of amides is 2. The highest BCUT2D eigenvalue weighted by Crippen LogP contribution is 1.98. The van der Waals surface area contributed by atoms with E-state index < -0.39 is 24.1 Å². The summed E-state index contributed by atoms with van der Waals surface area (Å²) >= 11 is 0. The van der Waals surface area contributed by atoms with Gasteiger partial charge in [0.05, 0.1) is 6.10 Å². The Morgan fingerprint density at radius 3 is 2.32 bits per heavy atom. The molecule has 7 heteroatoms. The van der Waals surface area contributed by atoms with Crippen molar-refractivity contribution in [2.45, 2.75) is 45.4 Å². The number of aliphatic carboxylic acids is 1. The van der Waals surface area contributed by atoms with E-state index in [0.29, 0.717) is 19.1 Å². The fourth-order valence-electron chi connectivity index (χ4n) is 1.46. The monoisotopic (exact) mass is 275 g/mol. The van der Waals surface area contributed by atoms with Crippen molar-refractivity contribution in [2.75, 3.05) is 20.1 Å². The van der Waals surface area contributed by atoms with E-state index in [4.69, 9.17) is 5.11 Å². The normalized spacial score (nSPS) is 15.7. The van der Waals surface area contributed by atoms with Gasteiger partial charge in [-0.2, -0.15) is 0 Å². The maximum Gasteiger partial charge on any atom is 0.328 e. The molecule has 19 heavy (non-hydrogen) atoms. The molecule has 3 atom stereocenters. The van der Waals surface area contributed by atoms with Crippen LogP contribution in [0.25, 0.3) is 0 Å². The predicted octanol–water partition coefficient (Wildman–Crippen LogP) is -0.150. The molecule has 0 saturated carbocycles. The minimum Gasteiger partial charge on any atom is -0.480 e. The molecule has 7 nitrogen and oxygen atoms in total.